The molecule has 1 heterocycles. The first kappa shape index (κ1) is 15.6. The van der Waals surface area contributed by atoms with Crippen molar-refractivity contribution in [3.63, 3.8) is 0 Å². The first-order chi connectivity index (χ1) is 9.93. The third-order valence-corrected chi connectivity index (χ3v) is 3.91. The maximum atomic E-state index is 14.2. The number of nitrogens with zero attached hydrogens (tertiary/aromatic N) is 2. The van der Waals surface area contributed by atoms with Gasteiger partial charge >= 0.3 is 5.97 Å². The lowest BCUT2D eigenvalue weighted by Gasteiger charge is -2.39. The van der Waals surface area contributed by atoms with Gasteiger partial charge < -0.3 is 20.3 Å². The van der Waals surface area contributed by atoms with Gasteiger partial charge in [-0.2, -0.15) is 0 Å². The van der Waals surface area contributed by atoms with Crippen molar-refractivity contribution < 1.29 is 13.9 Å². The van der Waals surface area contributed by atoms with Crippen molar-refractivity contribution in [2.45, 2.75) is 19.9 Å². The predicted octanol–water partition coefficient (Wildman–Crippen LogP) is 1.72. The Morgan fingerprint density at radius 1 is 1.48 bits per heavy atom. The zero-order valence-electron chi connectivity index (χ0n) is 12.7. The van der Waals surface area contributed by atoms with Crippen LogP contribution in [0.4, 0.5) is 15.8 Å². The Labute approximate surface area is 124 Å². The van der Waals surface area contributed by atoms with Crippen LogP contribution in [0, 0.1) is 5.82 Å². The topological polar surface area (TPSA) is 58.8 Å². The molecule has 21 heavy (non-hydrogen) atoms. The number of carbonyl (C=O) groups excluding carboxylic acids is 1. The number of carbonyl (C=O) groups is 1. The molecule has 0 saturated carbocycles. The Hall–Kier alpha value is -1.82. The van der Waals surface area contributed by atoms with Gasteiger partial charge in [0.05, 0.1) is 17.9 Å². The Balaban J connectivity index is 2.31. The third-order valence-electron chi connectivity index (χ3n) is 3.91. The number of benzene rings is 1. The van der Waals surface area contributed by atoms with Crippen LogP contribution in [0.25, 0.3) is 0 Å². The molecule has 116 valence electrons. The lowest BCUT2D eigenvalue weighted by atomic mass is 10.1. The van der Waals surface area contributed by atoms with Gasteiger partial charge in [-0.3, -0.25) is 0 Å². The van der Waals surface area contributed by atoms with E-state index < -0.39 is 11.8 Å². The molecule has 0 radical (unpaired) electrons. The van der Waals surface area contributed by atoms with Crippen LogP contribution in [0.1, 0.15) is 24.2 Å². The highest BCUT2D eigenvalue weighted by Crippen LogP contribution is 2.27. The van der Waals surface area contributed by atoms with Crippen LogP contribution in [0.2, 0.25) is 0 Å². The number of anilines is 2. The van der Waals surface area contributed by atoms with Gasteiger partial charge in [0, 0.05) is 31.4 Å². The molecule has 0 aromatic heterocycles. The molecule has 0 spiro atoms. The van der Waals surface area contributed by atoms with Crippen molar-refractivity contribution in [2.24, 2.45) is 0 Å². The SMILES string of the molecule is CCOC(=O)c1cc(N2CCN(C)C(C)C2)c(F)cc1N. The molecule has 1 fully saturated rings. The number of likely N-dealkylation sites (N-methyl/N-ethyl adjacent to an activating group) is 1. The average Bonchev–Trinajstić information content (AvgIpc) is 2.42. The van der Waals surface area contributed by atoms with E-state index in [1.807, 2.05) is 11.9 Å². The summed E-state index contributed by atoms with van der Waals surface area (Å²) in [4.78, 5) is 16.0. The lowest BCUT2D eigenvalue weighted by Crippen LogP contribution is -2.50. The van der Waals surface area contributed by atoms with E-state index in [0.717, 1.165) is 6.54 Å². The van der Waals surface area contributed by atoms with E-state index in [9.17, 15) is 9.18 Å². The van der Waals surface area contributed by atoms with Crippen LogP contribution >= 0.6 is 0 Å². The summed E-state index contributed by atoms with van der Waals surface area (Å²) < 4.78 is 19.2. The predicted molar refractivity (Wildman–Crippen MR) is 81.1 cm³/mol. The molecule has 1 aliphatic rings. The third kappa shape index (κ3) is 3.26. The number of hydrogen-bond donors (Lipinski definition) is 1. The second-order valence-corrected chi connectivity index (χ2v) is 5.39. The summed E-state index contributed by atoms with van der Waals surface area (Å²) >= 11 is 0. The molecule has 1 aliphatic heterocycles. The van der Waals surface area contributed by atoms with Crippen molar-refractivity contribution in [1.29, 1.82) is 0 Å². The van der Waals surface area contributed by atoms with Gasteiger partial charge in [-0.1, -0.05) is 0 Å². The molecular formula is C15H22FN3O2. The fraction of sp³-hybridized carbons (Fsp3) is 0.533. The second-order valence-electron chi connectivity index (χ2n) is 5.39. The number of nitrogens with two attached hydrogens (primary N) is 1. The van der Waals surface area contributed by atoms with Gasteiger partial charge in [0.2, 0.25) is 0 Å². The maximum Gasteiger partial charge on any atom is 0.340 e. The van der Waals surface area contributed by atoms with E-state index in [1.54, 1.807) is 6.92 Å². The first-order valence-electron chi connectivity index (χ1n) is 7.15. The number of piperazine rings is 1. The standard InChI is InChI=1S/C15H22FN3O2/c1-4-21-15(20)11-7-14(12(16)8-13(11)17)19-6-5-18(3)10(2)9-19/h7-8,10H,4-6,9,17H2,1-3H3. The Kier molecular flexibility index (Phi) is 4.67. The molecule has 5 nitrogen and oxygen atoms in total. The molecule has 1 atom stereocenters. The Bertz CT molecular complexity index is 536. The van der Waals surface area contributed by atoms with Gasteiger partial charge in [-0.25, -0.2) is 9.18 Å². The normalized spacial score (nSPS) is 19.6. The Morgan fingerprint density at radius 3 is 2.81 bits per heavy atom. The van der Waals surface area contributed by atoms with Crippen LogP contribution < -0.4 is 10.6 Å². The van der Waals surface area contributed by atoms with Crippen molar-refractivity contribution in [3.8, 4) is 0 Å². The van der Waals surface area contributed by atoms with Gasteiger partial charge in [-0.15, -0.1) is 0 Å². The smallest absolute Gasteiger partial charge is 0.340 e. The highest BCUT2D eigenvalue weighted by atomic mass is 19.1. The largest absolute Gasteiger partial charge is 0.462 e. The molecule has 0 amide bonds. The van der Waals surface area contributed by atoms with Crippen molar-refractivity contribution in [1.82, 2.24) is 4.90 Å². The lowest BCUT2D eigenvalue weighted by molar-refractivity contribution is 0.0527. The van der Waals surface area contributed by atoms with E-state index in [2.05, 4.69) is 11.8 Å². The van der Waals surface area contributed by atoms with Gasteiger partial charge in [0.15, 0.2) is 0 Å². The minimum Gasteiger partial charge on any atom is -0.462 e. The highest BCUT2D eigenvalue weighted by molar-refractivity contribution is 5.96. The van der Waals surface area contributed by atoms with Crippen LogP contribution in [0.15, 0.2) is 12.1 Å². The number of esters is 1. The number of hydrogen-bond acceptors (Lipinski definition) is 5. The molecule has 2 N–H and O–H groups in total. The van der Waals surface area contributed by atoms with Crippen molar-refractivity contribution in [3.05, 3.63) is 23.5 Å². The molecule has 1 unspecified atom stereocenters. The van der Waals surface area contributed by atoms with E-state index >= 15 is 0 Å². The summed E-state index contributed by atoms with van der Waals surface area (Å²) in [5.41, 5.74) is 6.47. The molecule has 1 saturated heterocycles. The summed E-state index contributed by atoms with van der Waals surface area (Å²) in [5, 5.41) is 0. The number of rotatable bonds is 3. The number of halogens is 1. The molecule has 0 aliphatic carbocycles. The fourth-order valence-electron chi connectivity index (χ4n) is 2.47. The summed E-state index contributed by atoms with van der Waals surface area (Å²) in [7, 11) is 2.05. The minimum atomic E-state index is -0.515. The molecule has 1 aromatic rings. The maximum absolute atomic E-state index is 14.2. The summed E-state index contributed by atoms with van der Waals surface area (Å²) in [6, 6.07) is 3.02. The molecular weight excluding hydrogens is 273 g/mol. The number of nitrogen functional groups attached to an aromatic ring is 1. The minimum absolute atomic E-state index is 0.108. The molecule has 6 heteroatoms. The average molecular weight is 295 g/mol. The molecule has 2 rings (SSSR count). The quantitative estimate of drug-likeness (QED) is 0.680. The van der Waals surface area contributed by atoms with E-state index in [4.69, 9.17) is 10.5 Å². The van der Waals surface area contributed by atoms with Gasteiger partial charge in [-0.05, 0) is 33.0 Å². The highest BCUT2D eigenvalue weighted by Gasteiger charge is 2.24. The first-order valence-corrected chi connectivity index (χ1v) is 7.15. The summed E-state index contributed by atoms with van der Waals surface area (Å²) in [6.07, 6.45) is 0. The molecule has 1 aromatic carbocycles. The van der Waals surface area contributed by atoms with Crippen molar-refractivity contribution >= 4 is 17.3 Å². The summed E-state index contributed by atoms with van der Waals surface area (Å²) in [6.45, 7) is 6.34. The van der Waals surface area contributed by atoms with Crippen LogP contribution in [0.5, 0.6) is 0 Å². The Morgan fingerprint density at radius 2 is 2.19 bits per heavy atom. The van der Waals surface area contributed by atoms with Crippen LogP contribution in [-0.4, -0.2) is 50.2 Å². The van der Waals surface area contributed by atoms with Gasteiger partial charge in [0.1, 0.15) is 5.82 Å². The van der Waals surface area contributed by atoms with Crippen molar-refractivity contribution in [2.75, 3.05) is 43.9 Å². The second kappa shape index (κ2) is 6.30. The zero-order chi connectivity index (χ0) is 15.6. The van der Waals surface area contributed by atoms with Gasteiger partial charge in [0.25, 0.3) is 0 Å². The summed E-state index contributed by atoms with van der Waals surface area (Å²) in [5.74, 6) is -0.921. The monoisotopic (exact) mass is 295 g/mol. The fourth-order valence-corrected chi connectivity index (χ4v) is 2.47. The van der Waals surface area contributed by atoms with E-state index in [0.29, 0.717) is 24.8 Å². The zero-order valence-corrected chi connectivity index (χ0v) is 12.7. The number of ether oxygens (including phenoxy) is 1. The van der Waals surface area contributed by atoms with Crippen LogP contribution in [-0.2, 0) is 4.74 Å². The van der Waals surface area contributed by atoms with E-state index in [1.165, 1.54) is 12.1 Å². The van der Waals surface area contributed by atoms with Crippen LogP contribution in [0.3, 0.4) is 0 Å². The molecule has 0 bridgehead atoms. The van der Waals surface area contributed by atoms with E-state index in [-0.39, 0.29) is 17.9 Å².